The first kappa shape index (κ1) is 18.1. The van der Waals surface area contributed by atoms with Gasteiger partial charge in [-0.25, -0.2) is 8.42 Å². The van der Waals surface area contributed by atoms with Crippen LogP contribution in [-0.4, -0.2) is 47.9 Å². The topological polar surface area (TPSA) is 84.9 Å². The summed E-state index contributed by atoms with van der Waals surface area (Å²) in [4.78, 5) is 12.2. The van der Waals surface area contributed by atoms with Gasteiger partial charge in [-0.2, -0.15) is 0 Å². The Hall–Kier alpha value is -1.96. The number of amides is 1. The minimum atomic E-state index is -3.51. The third kappa shape index (κ3) is 3.62. The van der Waals surface area contributed by atoms with E-state index in [1.54, 1.807) is 13.8 Å². The quantitative estimate of drug-likeness (QED) is 0.813. The van der Waals surface area contributed by atoms with Gasteiger partial charge in [-0.15, -0.1) is 0 Å². The van der Waals surface area contributed by atoms with Crippen LogP contribution >= 0.6 is 0 Å². The van der Waals surface area contributed by atoms with Gasteiger partial charge < -0.3 is 14.8 Å². The minimum absolute atomic E-state index is 0.0767. The summed E-state index contributed by atoms with van der Waals surface area (Å²) in [5, 5.41) is 2.66. The molecule has 1 rings (SSSR count). The average Bonchev–Trinajstić information content (AvgIpc) is 2.52. The van der Waals surface area contributed by atoms with Gasteiger partial charge in [0.1, 0.15) is 0 Å². The molecule has 0 fully saturated rings. The first-order valence-corrected chi connectivity index (χ1v) is 8.44. The molecule has 0 aliphatic rings. The van der Waals surface area contributed by atoms with Crippen molar-refractivity contribution in [2.45, 2.75) is 13.8 Å². The summed E-state index contributed by atoms with van der Waals surface area (Å²) in [6, 6.07) is 2.96. The van der Waals surface area contributed by atoms with Gasteiger partial charge in [0.2, 0.25) is 10.0 Å². The highest BCUT2D eigenvalue weighted by Gasteiger charge is 2.24. The van der Waals surface area contributed by atoms with Crippen molar-refractivity contribution < 1.29 is 22.7 Å². The first-order valence-electron chi connectivity index (χ1n) is 6.83. The maximum absolute atomic E-state index is 12.2. The van der Waals surface area contributed by atoms with E-state index >= 15 is 0 Å². The molecule has 0 aromatic heterocycles. The van der Waals surface area contributed by atoms with Gasteiger partial charge in [-0.1, -0.05) is 0 Å². The van der Waals surface area contributed by atoms with E-state index in [9.17, 15) is 13.2 Å². The van der Waals surface area contributed by atoms with Crippen molar-refractivity contribution in [3.05, 3.63) is 17.7 Å². The molecular weight excluding hydrogens is 308 g/mol. The number of hydrogen-bond donors (Lipinski definition) is 1. The van der Waals surface area contributed by atoms with Gasteiger partial charge in [0.25, 0.3) is 5.91 Å². The standard InChI is InChI=1S/C14H22N2O5S/c1-6-15-14(17)10-8-12(20-4)13(21-5)9-11(10)16(3)22(18,19)7-2/h8-9H,6-7H2,1-5H3,(H,15,17). The van der Waals surface area contributed by atoms with E-state index in [1.165, 1.54) is 33.4 Å². The van der Waals surface area contributed by atoms with Crippen LogP contribution in [-0.2, 0) is 10.0 Å². The normalized spacial score (nSPS) is 11.0. The molecule has 0 saturated carbocycles. The smallest absolute Gasteiger partial charge is 0.253 e. The Morgan fingerprint density at radius 3 is 2.18 bits per heavy atom. The zero-order chi connectivity index (χ0) is 16.9. The Morgan fingerprint density at radius 1 is 1.18 bits per heavy atom. The fourth-order valence-electron chi connectivity index (χ4n) is 1.91. The van der Waals surface area contributed by atoms with Gasteiger partial charge in [0.05, 0.1) is 31.2 Å². The Bertz CT molecular complexity index is 643. The van der Waals surface area contributed by atoms with Gasteiger partial charge in [0, 0.05) is 19.7 Å². The number of hydrogen-bond acceptors (Lipinski definition) is 5. The number of ether oxygens (including phenoxy) is 2. The first-order chi connectivity index (χ1) is 10.3. The second-order valence-corrected chi connectivity index (χ2v) is 6.74. The van der Waals surface area contributed by atoms with Crippen molar-refractivity contribution in [1.82, 2.24) is 5.32 Å². The molecule has 0 spiro atoms. The highest BCUT2D eigenvalue weighted by Crippen LogP contribution is 2.35. The molecule has 22 heavy (non-hydrogen) atoms. The van der Waals surface area contributed by atoms with Crippen LogP contribution in [0.15, 0.2) is 12.1 Å². The predicted octanol–water partition coefficient (Wildman–Crippen LogP) is 1.24. The lowest BCUT2D eigenvalue weighted by atomic mass is 10.1. The molecule has 1 aromatic carbocycles. The van der Waals surface area contributed by atoms with Crippen molar-refractivity contribution in [3.8, 4) is 11.5 Å². The second-order valence-electron chi connectivity index (χ2n) is 4.45. The number of methoxy groups -OCH3 is 2. The molecule has 1 aromatic rings. The average molecular weight is 330 g/mol. The molecule has 0 heterocycles. The fourth-order valence-corrected chi connectivity index (χ4v) is 2.75. The van der Waals surface area contributed by atoms with E-state index in [4.69, 9.17) is 9.47 Å². The highest BCUT2D eigenvalue weighted by molar-refractivity contribution is 7.92. The molecular formula is C14H22N2O5S. The number of carbonyl (C=O) groups is 1. The molecule has 0 aliphatic carbocycles. The maximum atomic E-state index is 12.2. The molecule has 0 unspecified atom stereocenters. The number of anilines is 1. The van der Waals surface area contributed by atoms with Gasteiger partial charge in [-0.3, -0.25) is 9.10 Å². The Morgan fingerprint density at radius 2 is 1.73 bits per heavy atom. The van der Waals surface area contributed by atoms with Crippen molar-refractivity contribution in [1.29, 1.82) is 0 Å². The van der Waals surface area contributed by atoms with Crippen molar-refractivity contribution in [2.24, 2.45) is 0 Å². The summed E-state index contributed by atoms with van der Waals surface area (Å²) in [6.45, 7) is 3.75. The molecule has 1 N–H and O–H groups in total. The SMILES string of the molecule is CCNC(=O)c1cc(OC)c(OC)cc1N(C)S(=O)(=O)CC. The summed E-state index contributed by atoms with van der Waals surface area (Å²) >= 11 is 0. The van der Waals surface area contributed by atoms with Crippen LogP contribution in [0.5, 0.6) is 11.5 Å². The Balaban J connectivity index is 3.55. The molecule has 7 nitrogen and oxygen atoms in total. The zero-order valence-corrected chi connectivity index (χ0v) is 14.3. The number of rotatable bonds is 7. The molecule has 0 saturated heterocycles. The van der Waals surface area contributed by atoms with Crippen LogP contribution in [0.1, 0.15) is 24.2 Å². The van der Waals surface area contributed by atoms with Crippen LogP contribution in [0.3, 0.4) is 0 Å². The molecule has 1 amide bonds. The lowest BCUT2D eigenvalue weighted by Gasteiger charge is -2.23. The predicted molar refractivity (Wildman–Crippen MR) is 85.4 cm³/mol. The highest BCUT2D eigenvalue weighted by atomic mass is 32.2. The van der Waals surface area contributed by atoms with E-state index in [0.29, 0.717) is 18.0 Å². The maximum Gasteiger partial charge on any atom is 0.253 e. The van der Waals surface area contributed by atoms with E-state index in [1.807, 2.05) is 0 Å². The Labute approximate surface area is 131 Å². The van der Waals surface area contributed by atoms with Crippen LogP contribution in [0.2, 0.25) is 0 Å². The van der Waals surface area contributed by atoms with E-state index in [2.05, 4.69) is 5.32 Å². The van der Waals surface area contributed by atoms with Gasteiger partial charge in [-0.05, 0) is 19.9 Å². The number of benzene rings is 1. The van der Waals surface area contributed by atoms with Crippen molar-refractivity contribution in [2.75, 3.05) is 37.9 Å². The van der Waals surface area contributed by atoms with Gasteiger partial charge >= 0.3 is 0 Å². The monoisotopic (exact) mass is 330 g/mol. The summed E-state index contributed by atoms with van der Waals surface area (Å²) in [7, 11) is 0.792. The largest absolute Gasteiger partial charge is 0.493 e. The lowest BCUT2D eigenvalue weighted by Crippen LogP contribution is -2.31. The second kappa shape index (κ2) is 7.35. The summed E-state index contributed by atoms with van der Waals surface area (Å²) in [6.07, 6.45) is 0. The molecule has 0 atom stereocenters. The van der Waals surface area contributed by atoms with Gasteiger partial charge in [0.15, 0.2) is 11.5 Å². The zero-order valence-electron chi connectivity index (χ0n) is 13.5. The third-order valence-electron chi connectivity index (χ3n) is 3.21. The number of nitrogens with zero attached hydrogens (tertiary/aromatic N) is 1. The summed E-state index contributed by atoms with van der Waals surface area (Å²) in [5.41, 5.74) is 0.449. The summed E-state index contributed by atoms with van der Waals surface area (Å²) < 4.78 is 35.7. The summed E-state index contributed by atoms with van der Waals surface area (Å²) in [5.74, 6) is 0.252. The lowest BCUT2D eigenvalue weighted by molar-refractivity contribution is 0.0956. The van der Waals surface area contributed by atoms with Crippen LogP contribution in [0.25, 0.3) is 0 Å². The molecule has 0 aliphatic heterocycles. The number of nitrogens with one attached hydrogen (secondary N) is 1. The molecule has 0 radical (unpaired) electrons. The van der Waals surface area contributed by atoms with E-state index < -0.39 is 10.0 Å². The molecule has 0 bridgehead atoms. The van der Waals surface area contributed by atoms with Crippen LogP contribution in [0, 0.1) is 0 Å². The fraction of sp³-hybridized carbons (Fsp3) is 0.500. The van der Waals surface area contributed by atoms with Crippen LogP contribution < -0.4 is 19.1 Å². The minimum Gasteiger partial charge on any atom is -0.493 e. The number of carbonyl (C=O) groups excluding carboxylic acids is 1. The molecule has 124 valence electrons. The number of sulfonamides is 1. The molecule has 8 heteroatoms. The van der Waals surface area contributed by atoms with Crippen molar-refractivity contribution in [3.63, 3.8) is 0 Å². The van der Waals surface area contributed by atoms with Crippen LogP contribution in [0.4, 0.5) is 5.69 Å². The Kier molecular flexibility index (Phi) is 6.04. The van der Waals surface area contributed by atoms with Crippen molar-refractivity contribution >= 4 is 21.6 Å². The third-order valence-corrected chi connectivity index (χ3v) is 4.97. The van der Waals surface area contributed by atoms with E-state index in [0.717, 1.165) is 4.31 Å². The van der Waals surface area contributed by atoms with E-state index in [-0.39, 0.29) is 22.9 Å².